The summed E-state index contributed by atoms with van der Waals surface area (Å²) in [5.74, 6) is -0.447. The van der Waals surface area contributed by atoms with Gasteiger partial charge in [0.1, 0.15) is 11.6 Å². The molecular weight excluding hydrogens is 424 g/mol. The van der Waals surface area contributed by atoms with E-state index in [2.05, 4.69) is 14.7 Å². The van der Waals surface area contributed by atoms with Crippen LogP contribution in [-0.2, 0) is 14.9 Å². The third kappa shape index (κ3) is 6.22. The van der Waals surface area contributed by atoms with Crippen molar-refractivity contribution in [2.45, 2.75) is 12.1 Å². The first-order chi connectivity index (χ1) is 13.3. The zero-order valence-electron chi connectivity index (χ0n) is 15.1. The fourth-order valence-electron chi connectivity index (χ4n) is 1.94. The lowest BCUT2D eigenvalue weighted by molar-refractivity contribution is -0.112. The number of ether oxygens (including phenoxy) is 1. The SMILES string of the molecule is CCOc1cc(C=C(C#N)C(=O)Nc2nc(SC)ns2)ccc1OS(C)(=O)=O. The van der Waals surface area contributed by atoms with Gasteiger partial charge in [0.05, 0.1) is 12.9 Å². The third-order valence-corrected chi connectivity index (χ3v) is 4.77. The molecule has 0 aliphatic heterocycles. The number of carbonyl (C=O) groups is 1. The molecule has 12 heteroatoms. The highest BCUT2D eigenvalue weighted by molar-refractivity contribution is 7.98. The number of anilines is 1. The Morgan fingerprint density at radius 2 is 2.18 bits per heavy atom. The van der Waals surface area contributed by atoms with Crippen molar-refractivity contribution in [3.05, 3.63) is 29.3 Å². The minimum absolute atomic E-state index is 0.0166. The Bertz CT molecular complexity index is 1040. The topological polar surface area (TPSA) is 131 Å². The maximum absolute atomic E-state index is 12.3. The Kier molecular flexibility index (Phi) is 7.38. The molecule has 0 unspecified atom stereocenters. The number of hydrogen-bond donors (Lipinski definition) is 1. The van der Waals surface area contributed by atoms with E-state index in [-0.39, 0.29) is 28.8 Å². The first kappa shape index (κ1) is 21.7. The minimum atomic E-state index is -3.73. The van der Waals surface area contributed by atoms with Crippen molar-refractivity contribution in [3.8, 4) is 17.6 Å². The van der Waals surface area contributed by atoms with Gasteiger partial charge in [-0.3, -0.25) is 10.1 Å². The Hall–Kier alpha value is -2.62. The summed E-state index contributed by atoms with van der Waals surface area (Å²) in [4.78, 5) is 16.4. The molecule has 1 N–H and O–H groups in total. The average molecular weight is 441 g/mol. The van der Waals surface area contributed by atoms with E-state index in [0.29, 0.717) is 10.7 Å². The molecule has 0 saturated heterocycles. The van der Waals surface area contributed by atoms with Crippen LogP contribution in [-0.4, -0.2) is 42.8 Å². The van der Waals surface area contributed by atoms with Crippen LogP contribution in [0, 0.1) is 11.3 Å². The Morgan fingerprint density at radius 1 is 1.43 bits per heavy atom. The maximum atomic E-state index is 12.3. The van der Waals surface area contributed by atoms with E-state index < -0.39 is 16.0 Å². The van der Waals surface area contributed by atoms with Crippen LogP contribution >= 0.6 is 23.3 Å². The lowest BCUT2D eigenvalue weighted by atomic mass is 10.1. The molecule has 0 bridgehead atoms. The van der Waals surface area contributed by atoms with Crippen molar-refractivity contribution < 1.29 is 22.1 Å². The zero-order chi connectivity index (χ0) is 20.7. The molecule has 148 valence electrons. The van der Waals surface area contributed by atoms with Crippen molar-refractivity contribution in [1.82, 2.24) is 9.36 Å². The quantitative estimate of drug-likeness (QED) is 0.285. The second kappa shape index (κ2) is 9.54. The largest absolute Gasteiger partial charge is 0.490 e. The van der Waals surface area contributed by atoms with Gasteiger partial charge in [-0.2, -0.15) is 23.0 Å². The van der Waals surface area contributed by atoms with Crippen LogP contribution in [0.5, 0.6) is 11.5 Å². The summed E-state index contributed by atoms with van der Waals surface area (Å²) >= 11 is 2.34. The first-order valence-electron chi connectivity index (χ1n) is 7.73. The Labute approximate surface area is 170 Å². The van der Waals surface area contributed by atoms with E-state index in [0.717, 1.165) is 17.8 Å². The number of amides is 1. The zero-order valence-corrected chi connectivity index (χ0v) is 17.6. The highest BCUT2D eigenvalue weighted by Gasteiger charge is 2.15. The van der Waals surface area contributed by atoms with Crippen molar-refractivity contribution in [1.29, 1.82) is 5.26 Å². The first-order valence-corrected chi connectivity index (χ1v) is 11.5. The van der Waals surface area contributed by atoms with Crippen LogP contribution < -0.4 is 14.2 Å². The molecule has 1 aromatic carbocycles. The number of benzene rings is 1. The van der Waals surface area contributed by atoms with Gasteiger partial charge in [0.15, 0.2) is 11.5 Å². The second-order valence-corrected chi connectivity index (χ2v) is 8.24. The van der Waals surface area contributed by atoms with Gasteiger partial charge in [-0.25, -0.2) is 0 Å². The predicted octanol–water partition coefficient (Wildman–Crippen LogP) is 2.54. The summed E-state index contributed by atoms with van der Waals surface area (Å²) in [6, 6.07) is 6.20. The van der Waals surface area contributed by atoms with Gasteiger partial charge < -0.3 is 8.92 Å². The summed E-state index contributed by atoms with van der Waals surface area (Å²) < 4.78 is 37.0. The van der Waals surface area contributed by atoms with Crippen molar-refractivity contribution in [2.75, 3.05) is 24.4 Å². The number of aromatic nitrogens is 2. The number of nitrogens with zero attached hydrogens (tertiary/aromatic N) is 3. The van der Waals surface area contributed by atoms with E-state index in [1.165, 1.54) is 36.0 Å². The molecule has 0 radical (unpaired) electrons. The number of nitrogens with one attached hydrogen (secondary N) is 1. The highest BCUT2D eigenvalue weighted by atomic mass is 32.2. The third-order valence-electron chi connectivity index (χ3n) is 3.00. The van der Waals surface area contributed by atoms with Gasteiger partial charge in [-0.15, -0.1) is 0 Å². The molecule has 0 spiro atoms. The molecule has 2 aromatic rings. The summed E-state index contributed by atoms with van der Waals surface area (Å²) in [5.41, 5.74) is 0.290. The van der Waals surface area contributed by atoms with Gasteiger partial charge in [0.2, 0.25) is 10.3 Å². The molecule has 1 amide bonds. The molecule has 2 rings (SSSR count). The molecule has 0 atom stereocenters. The number of thioether (sulfide) groups is 1. The van der Waals surface area contributed by atoms with E-state index in [4.69, 9.17) is 8.92 Å². The molecular formula is C16H16N4O5S3. The standard InChI is InChI=1S/C16H16N4O5S3/c1-4-24-13-8-10(5-6-12(13)25-28(3,22)23)7-11(9-17)14(21)18-15-19-16(26-2)20-27-15/h5-8H,4H2,1-3H3,(H,18,19,20,21). The normalized spacial score (nSPS) is 11.6. The van der Waals surface area contributed by atoms with Gasteiger partial charge in [-0.1, -0.05) is 17.8 Å². The lowest BCUT2D eigenvalue weighted by Crippen LogP contribution is -2.13. The summed E-state index contributed by atoms with van der Waals surface area (Å²) in [7, 11) is -3.73. The monoisotopic (exact) mass is 440 g/mol. The fraction of sp³-hybridized carbons (Fsp3) is 0.250. The molecule has 0 saturated carbocycles. The molecule has 1 aromatic heterocycles. The molecule has 1 heterocycles. The van der Waals surface area contributed by atoms with Crippen molar-refractivity contribution in [3.63, 3.8) is 0 Å². The van der Waals surface area contributed by atoms with E-state index in [1.54, 1.807) is 13.2 Å². The van der Waals surface area contributed by atoms with Gasteiger partial charge in [-0.05, 0) is 37.0 Å². The molecule has 0 aliphatic carbocycles. The average Bonchev–Trinajstić information content (AvgIpc) is 3.08. The van der Waals surface area contributed by atoms with Crippen LogP contribution in [0.3, 0.4) is 0 Å². The number of nitriles is 1. The van der Waals surface area contributed by atoms with E-state index in [1.807, 2.05) is 6.07 Å². The summed E-state index contributed by atoms with van der Waals surface area (Å²) in [6.45, 7) is 2.00. The smallest absolute Gasteiger partial charge is 0.306 e. The molecule has 28 heavy (non-hydrogen) atoms. The molecule has 9 nitrogen and oxygen atoms in total. The van der Waals surface area contributed by atoms with Crippen molar-refractivity contribution in [2.24, 2.45) is 0 Å². The van der Waals surface area contributed by atoms with Gasteiger partial charge in [0.25, 0.3) is 5.91 Å². The number of carbonyl (C=O) groups excluding carboxylic acids is 1. The van der Waals surface area contributed by atoms with Gasteiger partial charge >= 0.3 is 10.1 Å². The highest BCUT2D eigenvalue weighted by Crippen LogP contribution is 2.30. The number of hydrogen-bond acceptors (Lipinski definition) is 10. The Morgan fingerprint density at radius 3 is 2.75 bits per heavy atom. The second-order valence-electron chi connectivity index (χ2n) is 5.14. The summed E-state index contributed by atoms with van der Waals surface area (Å²) in [6.07, 6.45) is 4.07. The maximum Gasteiger partial charge on any atom is 0.306 e. The van der Waals surface area contributed by atoms with Crippen LogP contribution in [0.2, 0.25) is 0 Å². The summed E-state index contributed by atoms with van der Waals surface area (Å²) in [5, 5.41) is 12.6. The Balaban J connectivity index is 2.28. The molecule has 0 fully saturated rings. The fourth-order valence-corrected chi connectivity index (χ4v) is 3.52. The van der Waals surface area contributed by atoms with Crippen LogP contribution in [0.15, 0.2) is 28.9 Å². The van der Waals surface area contributed by atoms with Crippen LogP contribution in [0.25, 0.3) is 6.08 Å². The van der Waals surface area contributed by atoms with Crippen molar-refractivity contribution >= 4 is 50.5 Å². The predicted molar refractivity (Wildman–Crippen MR) is 107 cm³/mol. The molecule has 0 aliphatic rings. The minimum Gasteiger partial charge on any atom is -0.490 e. The van der Waals surface area contributed by atoms with Gasteiger partial charge in [0, 0.05) is 11.5 Å². The number of rotatable bonds is 8. The lowest BCUT2D eigenvalue weighted by Gasteiger charge is -2.11. The van der Waals surface area contributed by atoms with E-state index in [9.17, 15) is 18.5 Å². The van der Waals surface area contributed by atoms with Crippen LogP contribution in [0.1, 0.15) is 12.5 Å². The van der Waals surface area contributed by atoms with Crippen LogP contribution in [0.4, 0.5) is 5.13 Å². The van der Waals surface area contributed by atoms with E-state index >= 15 is 0 Å².